The average Bonchev–Trinajstić information content (AvgIpc) is 3.21. The Labute approximate surface area is 190 Å². The minimum Gasteiger partial charge on any atom is -0.326 e. The number of piperazine rings is 1. The van der Waals surface area contributed by atoms with E-state index in [0.717, 1.165) is 56.0 Å². The number of hydrogen-bond donors (Lipinski definition) is 1. The summed E-state index contributed by atoms with van der Waals surface area (Å²) in [6.45, 7) is 10.1. The molecule has 0 aliphatic carbocycles. The normalized spacial score (nSPS) is 14.7. The van der Waals surface area contributed by atoms with Crippen LogP contribution in [0.4, 0.5) is 9.93 Å². The van der Waals surface area contributed by atoms with Crippen LogP contribution in [0.1, 0.15) is 34.9 Å². The number of anilines is 1. The Hall–Kier alpha value is -2.40. The molecule has 3 rings (SSSR count). The molecule has 1 fully saturated rings. The van der Waals surface area contributed by atoms with Crippen LogP contribution in [-0.4, -0.2) is 79.1 Å². The van der Waals surface area contributed by atoms with E-state index in [-0.39, 0.29) is 6.03 Å². The van der Waals surface area contributed by atoms with Crippen molar-refractivity contribution < 1.29 is 4.79 Å². The molecule has 0 bridgehead atoms. The average molecular weight is 440 g/mol. The molecule has 1 aliphatic rings. The lowest BCUT2D eigenvalue weighted by Crippen LogP contribution is -2.47. The second-order valence-corrected chi connectivity index (χ2v) is 9.21. The molecule has 2 heterocycles. The third-order valence-electron chi connectivity index (χ3n) is 5.57. The fourth-order valence-corrected chi connectivity index (χ4v) is 4.08. The van der Waals surface area contributed by atoms with Crippen LogP contribution in [0.25, 0.3) is 0 Å². The first-order valence-corrected chi connectivity index (χ1v) is 11.8. The molecule has 31 heavy (non-hydrogen) atoms. The van der Waals surface area contributed by atoms with Gasteiger partial charge in [0.05, 0.1) is 11.1 Å². The van der Waals surface area contributed by atoms with Gasteiger partial charge in [0.15, 0.2) is 5.13 Å². The Balaban J connectivity index is 1.52. The van der Waals surface area contributed by atoms with Gasteiger partial charge in [-0.05, 0) is 43.5 Å². The highest BCUT2D eigenvalue weighted by molar-refractivity contribution is 7.16. The zero-order valence-corrected chi connectivity index (χ0v) is 19.9. The van der Waals surface area contributed by atoms with Crippen molar-refractivity contribution in [3.8, 4) is 11.8 Å². The molecular weight excluding hydrogens is 406 g/mol. The zero-order valence-electron chi connectivity index (χ0n) is 19.1. The monoisotopic (exact) mass is 439 g/mol. The van der Waals surface area contributed by atoms with Gasteiger partial charge < -0.3 is 9.80 Å². The van der Waals surface area contributed by atoms with Crippen LogP contribution in [0.2, 0.25) is 0 Å². The molecule has 1 N–H and O–H groups in total. The second-order valence-electron chi connectivity index (χ2n) is 8.18. The maximum atomic E-state index is 12.5. The first kappa shape index (κ1) is 23.3. The molecule has 0 atom stereocenters. The second kappa shape index (κ2) is 11.3. The molecular formula is C24H33N5OS. The summed E-state index contributed by atoms with van der Waals surface area (Å²) in [4.78, 5) is 24.1. The van der Waals surface area contributed by atoms with E-state index in [9.17, 15) is 4.79 Å². The highest BCUT2D eigenvalue weighted by Gasteiger charge is 2.16. The topological polar surface area (TPSA) is 51.7 Å². The van der Waals surface area contributed by atoms with Gasteiger partial charge >= 0.3 is 6.03 Å². The van der Waals surface area contributed by atoms with E-state index in [4.69, 9.17) is 0 Å². The first-order chi connectivity index (χ1) is 14.9. The number of nitrogens with one attached hydrogen (secondary N) is 1. The predicted octanol–water partition coefficient (Wildman–Crippen LogP) is 3.51. The third kappa shape index (κ3) is 7.06. The number of hydrogen-bond acceptors (Lipinski definition) is 5. The van der Waals surface area contributed by atoms with E-state index in [2.05, 4.69) is 71.0 Å². The molecule has 0 spiro atoms. The van der Waals surface area contributed by atoms with Crippen molar-refractivity contribution in [2.45, 2.75) is 26.7 Å². The molecule has 0 saturated carbocycles. The Morgan fingerprint density at radius 3 is 2.77 bits per heavy atom. The van der Waals surface area contributed by atoms with Crippen molar-refractivity contribution in [2.75, 3.05) is 58.7 Å². The third-order valence-corrected chi connectivity index (χ3v) is 6.40. The summed E-state index contributed by atoms with van der Waals surface area (Å²) in [5, 5.41) is 3.47. The Bertz CT molecular complexity index is 937. The van der Waals surface area contributed by atoms with Gasteiger partial charge in [-0.1, -0.05) is 42.7 Å². The summed E-state index contributed by atoms with van der Waals surface area (Å²) in [6.07, 6.45) is 3.91. The van der Waals surface area contributed by atoms with Gasteiger partial charge in [0.25, 0.3) is 0 Å². The van der Waals surface area contributed by atoms with Crippen molar-refractivity contribution in [1.29, 1.82) is 0 Å². The molecule has 1 aromatic carbocycles. The lowest BCUT2D eigenvalue weighted by atomic mass is 10.0. The Kier molecular flexibility index (Phi) is 8.47. The standard InChI is InChI=1S/C24H33N5OS/c1-5-6-20-8-7-19(2)21(17-20)9-10-22-18-25-23(31-22)26-24(30)28(4)13-16-29-14-11-27(3)12-15-29/h7-8,17-18H,5-6,11-16H2,1-4H3,(H,25,26,30). The fraction of sp³-hybridized carbons (Fsp3) is 0.500. The summed E-state index contributed by atoms with van der Waals surface area (Å²) in [5.41, 5.74) is 3.54. The van der Waals surface area contributed by atoms with E-state index in [1.54, 1.807) is 11.1 Å². The number of carbonyl (C=O) groups is 1. The molecule has 0 radical (unpaired) electrons. The number of aryl methyl sites for hydroxylation is 2. The number of nitrogens with zero attached hydrogens (tertiary/aromatic N) is 4. The Morgan fingerprint density at radius 1 is 1.26 bits per heavy atom. The smallest absolute Gasteiger partial charge is 0.323 e. The molecule has 1 aliphatic heterocycles. The van der Waals surface area contributed by atoms with Crippen molar-refractivity contribution >= 4 is 22.5 Å². The van der Waals surface area contributed by atoms with Crippen LogP contribution in [-0.2, 0) is 6.42 Å². The Morgan fingerprint density at radius 2 is 2.03 bits per heavy atom. The molecule has 166 valence electrons. The number of thiazole rings is 1. The van der Waals surface area contributed by atoms with Gasteiger partial charge in [0, 0.05) is 51.9 Å². The van der Waals surface area contributed by atoms with Gasteiger partial charge in [-0.2, -0.15) is 0 Å². The number of urea groups is 1. The predicted molar refractivity (Wildman–Crippen MR) is 129 cm³/mol. The largest absolute Gasteiger partial charge is 0.326 e. The highest BCUT2D eigenvalue weighted by Crippen LogP contribution is 2.18. The highest BCUT2D eigenvalue weighted by atomic mass is 32.1. The zero-order chi connectivity index (χ0) is 22.2. The SMILES string of the molecule is CCCc1ccc(C)c(C#Cc2cnc(NC(=O)N(C)CCN3CCN(C)CC3)s2)c1. The summed E-state index contributed by atoms with van der Waals surface area (Å²) in [7, 11) is 3.97. The first-order valence-electron chi connectivity index (χ1n) is 10.9. The number of benzene rings is 1. The number of carbonyl (C=O) groups excluding carboxylic acids is 1. The van der Waals surface area contributed by atoms with Crippen LogP contribution in [0.3, 0.4) is 0 Å². The van der Waals surface area contributed by atoms with Crippen LogP contribution >= 0.6 is 11.3 Å². The fourth-order valence-electron chi connectivity index (χ4n) is 3.42. The number of likely N-dealkylation sites (N-methyl/N-ethyl adjacent to an activating group) is 2. The van der Waals surface area contributed by atoms with E-state index in [1.807, 2.05) is 7.05 Å². The van der Waals surface area contributed by atoms with Gasteiger partial charge in [-0.25, -0.2) is 9.78 Å². The molecule has 1 aromatic heterocycles. The van der Waals surface area contributed by atoms with Gasteiger partial charge in [0.1, 0.15) is 0 Å². The minimum atomic E-state index is -0.133. The molecule has 1 saturated heterocycles. The van der Waals surface area contributed by atoms with E-state index in [0.29, 0.717) is 11.7 Å². The number of rotatable bonds is 6. The van der Waals surface area contributed by atoms with Crippen molar-refractivity contribution in [3.63, 3.8) is 0 Å². The van der Waals surface area contributed by atoms with Crippen LogP contribution < -0.4 is 5.32 Å². The molecule has 0 unspecified atom stereocenters. The maximum absolute atomic E-state index is 12.5. The minimum absolute atomic E-state index is 0.133. The number of amides is 2. The summed E-state index contributed by atoms with van der Waals surface area (Å²) >= 11 is 1.41. The summed E-state index contributed by atoms with van der Waals surface area (Å²) < 4.78 is 0. The quantitative estimate of drug-likeness (QED) is 0.700. The van der Waals surface area contributed by atoms with Gasteiger partial charge in [-0.3, -0.25) is 10.2 Å². The summed E-state index contributed by atoms with van der Waals surface area (Å²) in [6, 6.07) is 6.34. The van der Waals surface area contributed by atoms with Gasteiger partial charge in [0.2, 0.25) is 0 Å². The van der Waals surface area contributed by atoms with Crippen molar-refractivity contribution in [3.05, 3.63) is 46.0 Å². The lowest BCUT2D eigenvalue weighted by molar-refractivity contribution is 0.144. The molecule has 7 heteroatoms. The lowest BCUT2D eigenvalue weighted by Gasteiger charge is -2.33. The van der Waals surface area contributed by atoms with E-state index in [1.165, 1.54) is 22.5 Å². The van der Waals surface area contributed by atoms with Crippen molar-refractivity contribution in [2.24, 2.45) is 0 Å². The molecule has 6 nitrogen and oxygen atoms in total. The molecule has 2 aromatic rings. The molecule has 2 amide bonds. The maximum Gasteiger partial charge on any atom is 0.323 e. The van der Waals surface area contributed by atoms with Gasteiger partial charge in [-0.15, -0.1) is 0 Å². The summed E-state index contributed by atoms with van der Waals surface area (Å²) in [5.74, 6) is 6.46. The van der Waals surface area contributed by atoms with Crippen LogP contribution in [0, 0.1) is 18.8 Å². The van der Waals surface area contributed by atoms with Crippen molar-refractivity contribution in [1.82, 2.24) is 19.7 Å². The van der Waals surface area contributed by atoms with E-state index >= 15 is 0 Å². The number of aromatic nitrogens is 1. The van der Waals surface area contributed by atoms with Crippen LogP contribution in [0.5, 0.6) is 0 Å². The van der Waals surface area contributed by atoms with E-state index < -0.39 is 0 Å². The van der Waals surface area contributed by atoms with Crippen LogP contribution in [0.15, 0.2) is 24.4 Å².